The molecule has 0 bridgehead atoms. The van der Waals surface area contributed by atoms with Crippen LogP contribution >= 0.6 is 15.9 Å². The molecule has 17 heavy (non-hydrogen) atoms. The van der Waals surface area contributed by atoms with Crippen LogP contribution in [0.15, 0.2) is 29.2 Å². The van der Waals surface area contributed by atoms with Crippen LogP contribution < -0.4 is 10.0 Å². The predicted molar refractivity (Wildman–Crippen MR) is 69.7 cm³/mol. The second-order valence-corrected chi connectivity index (χ2v) is 5.85. The quantitative estimate of drug-likeness (QED) is 0.803. The Bertz CT molecular complexity index is 485. The Morgan fingerprint density at radius 3 is 2.35 bits per heavy atom. The Morgan fingerprint density at radius 1 is 1.29 bits per heavy atom. The molecule has 0 saturated carbocycles. The average Bonchev–Trinajstić information content (AvgIpc) is 2.26. The summed E-state index contributed by atoms with van der Waals surface area (Å²) in [7, 11) is -3.46. The molecule has 0 saturated heterocycles. The second kappa shape index (κ2) is 6.13. The topological polar surface area (TPSA) is 75.3 Å². The Balaban J connectivity index is 2.83. The minimum atomic E-state index is -3.46. The van der Waals surface area contributed by atoms with Crippen molar-refractivity contribution in [2.75, 3.05) is 17.2 Å². The molecule has 5 nitrogen and oxygen atoms in total. The number of anilines is 1. The Morgan fingerprint density at radius 2 is 1.88 bits per heavy atom. The zero-order chi connectivity index (χ0) is 12.9. The molecule has 7 heteroatoms. The maximum Gasteiger partial charge on any atom is 0.240 e. The molecule has 2 N–H and O–H groups in total. The molecule has 0 aliphatic rings. The third kappa shape index (κ3) is 4.45. The van der Waals surface area contributed by atoms with Gasteiger partial charge in [-0.1, -0.05) is 15.9 Å². The first kappa shape index (κ1) is 14.1. The predicted octanol–water partition coefficient (Wildman–Crippen LogP) is 1.32. The van der Waals surface area contributed by atoms with Crippen molar-refractivity contribution in [1.29, 1.82) is 0 Å². The number of hydrogen-bond donors (Lipinski definition) is 2. The maximum absolute atomic E-state index is 11.7. The number of amides is 1. The molecule has 0 heterocycles. The van der Waals surface area contributed by atoms with Gasteiger partial charge in [-0.05, 0) is 24.3 Å². The van der Waals surface area contributed by atoms with Crippen LogP contribution in [0.25, 0.3) is 0 Å². The van der Waals surface area contributed by atoms with E-state index in [9.17, 15) is 13.2 Å². The zero-order valence-corrected chi connectivity index (χ0v) is 11.6. The SMILES string of the molecule is CC(=O)Nc1ccc(S(=O)(=O)NCCBr)cc1. The fourth-order valence-corrected chi connectivity index (χ4v) is 2.67. The van der Waals surface area contributed by atoms with Crippen LogP contribution in [-0.2, 0) is 14.8 Å². The molecular formula is C10H13BrN2O3S. The van der Waals surface area contributed by atoms with Gasteiger partial charge in [0.1, 0.15) is 0 Å². The van der Waals surface area contributed by atoms with Crippen LogP contribution in [0.1, 0.15) is 6.92 Å². The van der Waals surface area contributed by atoms with Gasteiger partial charge in [-0.2, -0.15) is 0 Å². The number of carbonyl (C=O) groups is 1. The first-order chi connectivity index (χ1) is 7.95. The van der Waals surface area contributed by atoms with E-state index in [2.05, 4.69) is 26.0 Å². The largest absolute Gasteiger partial charge is 0.326 e. The van der Waals surface area contributed by atoms with Gasteiger partial charge in [-0.25, -0.2) is 13.1 Å². The molecule has 0 atom stereocenters. The van der Waals surface area contributed by atoms with Crippen molar-refractivity contribution in [1.82, 2.24) is 4.72 Å². The number of sulfonamides is 1. The van der Waals surface area contributed by atoms with Gasteiger partial charge in [0, 0.05) is 24.5 Å². The molecule has 1 aromatic rings. The van der Waals surface area contributed by atoms with Crippen molar-refractivity contribution in [2.45, 2.75) is 11.8 Å². The van der Waals surface area contributed by atoms with Crippen LogP contribution in [0, 0.1) is 0 Å². The van der Waals surface area contributed by atoms with Crippen molar-refractivity contribution < 1.29 is 13.2 Å². The molecule has 1 amide bonds. The van der Waals surface area contributed by atoms with Crippen LogP contribution in [0.4, 0.5) is 5.69 Å². The summed E-state index contributed by atoms with van der Waals surface area (Å²) in [5.74, 6) is -0.196. The summed E-state index contributed by atoms with van der Waals surface area (Å²) in [6, 6.07) is 5.98. The van der Waals surface area contributed by atoms with E-state index >= 15 is 0 Å². The molecule has 1 aromatic carbocycles. The maximum atomic E-state index is 11.7. The van der Waals surface area contributed by atoms with Gasteiger partial charge in [-0.3, -0.25) is 4.79 Å². The highest BCUT2D eigenvalue weighted by molar-refractivity contribution is 9.09. The standard InChI is InChI=1S/C10H13BrN2O3S/c1-8(14)13-9-2-4-10(5-3-9)17(15,16)12-7-6-11/h2-5,12H,6-7H2,1H3,(H,13,14). The molecule has 0 radical (unpaired) electrons. The highest BCUT2D eigenvalue weighted by Crippen LogP contribution is 2.13. The average molecular weight is 321 g/mol. The third-order valence-electron chi connectivity index (χ3n) is 1.87. The summed E-state index contributed by atoms with van der Waals surface area (Å²) < 4.78 is 25.8. The van der Waals surface area contributed by atoms with Crippen LogP contribution in [0.3, 0.4) is 0 Å². The van der Waals surface area contributed by atoms with E-state index in [4.69, 9.17) is 0 Å². The van der Waals surface area contributed by atoms with Gasteiger partial charge in [0.05, 0.1) is 4.90 Å². The van der Waals surface area contributed by atoms with E-state index in [1.165, 1.54) is 19.1 Å². The zero-order valence-electron chi connectivity index (χ0n) is 9.23. The van der Waals surface area contributed by atoms with Gasteiger partial charge in [0.25, 0.3) is 0 Å². The number of halogens is 1. The minimum Gasteiger partial charge on any atom is -0.326 e. The monoisotopic (exact) mass is 320 g/mol. The summed E-state index contributed by atoms with van der Waals surface area (Å²) >= 11 is 3.14. The summed E-state index contributed by atoms with van der Waals surface area (Å²) in [5, 5.41) is 3.12. The fraction of sp³-hybridized carbons (Fsp3) is 0.300. The van der Waals surface area contributed by atoms with Crippen LogP contribution in [-0.4, -0.2) is 26.2 Å². The lowest BCUT2D eigenvalue weighted by atomic mass is 10.3. The number of rotatable bonds is 5. The molecule has 0 unspecified atom stereocenters. The summed E-state index contributed by atoms with van der Waals surface area (Å²) in [5.41, 5.74) is 0.567. The molecule has 94 valence electrons. The first-order valence-electron chi connectivity index (χ1n) is 4.89. The van der Waals surface area contributed by atoms with Gasteiger partial charge >= 0.3 is 0 Å². The fourth-order valence-electron chi connectivity index (χ4n) is 1.18. The summed E-state index contributed by atoms with van der Waals surface area (Å²) in [6.45, 7) is 1.72. The van der Waals surface area contributed by atoms with Crippen molar-refractivity contribution >= 4 is 37.5 Å². The molecular weight excluding hydrogens is 308 g/mol. The Kier molecular flexibility index (Phi) is 5.10. The van der Waals surface area contributed by atoms with E-state index in [-0.39, 0.29) is 10.8 Å². The van der Waals surface area contributed by atoms with E-state index in [0.29, 0.717) is 17.6 Å². The number of hydrogen-bond acceptors (Lipinski definition) is 3. The first-order valence-corrected chi connectivity index (χ1v) is 7.49. The number of alkyl halides is 1. The lowest BCUT2D eigenvalue weighted by Gasteiger charge is -2.06. The Hall–Kier alpha value is -0.920. The highest BCUT2D eigenvalue weighted by Gasteiger charge is 2.12. The van der Waals surface area contributed by atoms with E-state index in [1.54, 1.807) is 12.1 Å². The van der Waals surface area contributed by atoms with Crippen molar-refractivity contribution in [2.24, 2.45) is 0 Å². The molecule has 0 spiro atoms. The van der Waals surface area contributed by atoms with E-state index < -0.39 is 10.0 Å². The van der Waals surface area contributed by atoms with Crippen LogP contribution in [0.2, 0.25) is 0 Å². The number of carbonyl (C=O) groups excluding carboxylic acids is 1. The van der Waals surface area contributed by atoms with E-state index in [1.807, 2.05) is 0 Å². The Labute approximate surface area is 109 Å². The lowest BCUT2D eigenvalue weighted by molar-refractivity contribution is -0.114. The highest BCUT2D eigenvalue weighted by atomic mass is 79.9. The number of nitrogens with one attached hydrogen (secondary N) is 2. The van der Waals surface area contributed by atoms with Crippen molar-refractivity contribution in [3.05, 3.63) is 24.3 Å². The van der Waals surface area contributed by atoms with Gasteiger partial charge in [-0.15, -0.1) is 0 Å². The molecule has 1 rings (SSSR count). The number of benzene rings is 1. The lowest BCUT2D eigenvalue weighted by Crippen LogP contribution is -2.25. The molecule has 0 aliphatic heterocycles. The summed E-state index contributed by atoms with van der Waals surface area (Å²) in [4.78, 5) is 11.0. The smallest absolute Gasteiger partial charge is 0.240 e. The van der Waals surface area contributed by atoms with E-state index in [0.717, 1.165) is 0 Å². The van der Waals surface area contributed by atoms with Gasteiger partial charge in [0.2, 0.25) is 15.9 Å². The molecule has 0 fully saturated rings. The second-order valence-electron chi connectivity index (χ2n) is 3.29. The third-order valence-corrected chi connectivity index (χ3v) is 3.74. The van der Waals surface area contributed by atoms with Crippen molar-refractivity contribution in [3.63, 3.8) is 0 Å². The normalized spacial score (nSPS) is 11.2. The molecule has 0 aromatic heterocycles. The van der Waals surface area contributed by atoms with Crippen molar-refractivity contribution in [3.8, 4) is 0 Å². The van der Waals surface area contributed by atoms with Crippen LogP contribution in [0.5, 0.6) is 0 Å². The molecule has 0 aliphatic carbocycles. The minimum absolute atomic E-state index is 0.174. The summed E-state index contributed by atoms with van der Waals surface area (Å²) in [6.07, 6.45) is 0. The van der Waals surface area contributed by atoms with Gasteiger partial charge in [0.15, 0.2) is 0 Å². The van der Waals surface area contributed by atoms with Gasteiger partial charge < -0.3 is 5.32 Å².